The van der Waals surface area contributed by atoms with Crippen LogP contribution < -0.4 is 5.32 Å². The molecule has 0 aliphatic heterocycles. The van der Waals surface area contributed by atoms with Gasteiger partial charge in [0.05, 0.1) is 6.54 Å². The van der Waals surface area contributed by atoms with E-state index in [0.29, 0.717) is 17.8 Å². The van der Waals surface area contributed by atoms with Gasteiger partial charge in [0.15, 0.2) is 5.78 Å². The fourth-order valence-corrected chi connectivity index (χ4v) is 3.28. The van der Waals surface area contributed by atoms with E-state index in [1.54, 1.807) is 47.5 Å². The van der Waals surface area contributed by atoms with Gasteiger partial charge in [0.25, 0.3) is 0 Å². The average Bonchev–Trinajstić information content (AvgIpc) is 2.84. The lowest BCUT2D eigenvalue weighted by atomic mass is 10.1. The van der Waals surface area contributed by atoms with Crippen molar-refractivity contribution in [3.63, 3.8) is 0 Å². The summed E-state index contributed by atoms with van der Waals surface area (Å²) in [4.78, 5) is 26.2. The number of anilines is 1. The summed E-state index contributed by atoms with van der Waals surface area (Å²) in [5.41, 5.74) is 1.20. The lowest BCUT2D eigenvalue weighted by Gasteiger charge is -2.17. The molecule has 2 rings (SSSR count). The monoisotopic (exact) mass is 366 g/mol. The fourth-order valence-electron chi connectivity index (χ4n) is 1.78. The van der Waals surface area contributed by atoms with E-state index in [9.17, 15) is 9.59 Å². The number of urea groups is 1. The molecule has 1 aromatic carbocycles. The SMILES string of the molecule is CC(=O)c1cccc(NC(=O)N(C)Cc2cc(Br)cs2)c1. The van der Waals surface area contributed by atoms with Crippen LogP contribution in [-0.2, 0) is 6.54 Å². The summed E-state index contributed by atoms with van der Waals surface area (Å²) in [7, 11) is 1.73. The van der Waals surface area contributed by atoms with E-state index in [1.165, 1.54) is 6.92 Å². The van der Waals surface area contributed by atoms with Crippen molar-refractivity contribution < 1.29 is 9.59 Å². The van der Waals surface area contributed by atoms with Crippen LogP contribution in [-0.4, -0.2) is 23.8 Å². The summed E-state index contributed by atoms with van der Waals surface area (Å²) in [5.74, 6) is -0.0251. The number of benzene rings is 1. The summed E-state index contributed by atoms with van der Waals surface area (Å²) in [6, 6.07) is 8.70. The zero-order valence-corrected chi connectivity index (χ0v) is 14.1. The smallest absolute Gasteiger partial charge is 0.321 e. The molecule has 2 amide bonds. The highest BCUT2D eigenvalue weighted by Crippen LogP contribution is 2.21. The fraction of sp³-hybridized carbons (Fsp3) is 0.200. The molecule has 0 fully saturated rings. The molecule has 110 valence electrons. The number of ketones is 1. The number of carbonyl (C=O) groups excluding carboxylic acids is 2. The molecule has 0 atom stereocenters. The molecule has 1 heterocycles. The Morgan fingerprint density at radius 2 is 2.10 bits per heavy atom. The van der Waals surface area contributed by atoms with E-state index in [-0.39, 0.29) is 11.8 Å². The van der Waals surface area contributed by atoms with E-state index in [0.717, 1.165) is 9.35 Å². The summed E-state index contributed by atoms with van der Waals surface area (Å²) in [6.45, 7) is 2.04. The molecule has 0 spiro atoms. The number of nitrogens with zero attached hydrogens (tertiary/aromatic N) is 1. The van der Waals surface area contributed by atoms with Gasteiger partial charge in [0.1, 0.15) is 0 Å². The lowest BCUT2D eigenvalue weighted by molar-refractivity contribution is 0.101. The van der Waals surface area contributed by atoms with Gasteiger partial charge >= 0.3 is 6.03 Å². The van der Waals surface area contributed by atoms with Gasteiger partial charge in [-0.25, -0.2) is 4.79 Å². The van der Waals surface area contributed by atoms with Crippen molar-refractivity contribution in [3.05, 3.63) is 50.6 Å². The van der Waals surface area contributed by atoms with Gasteiger partial charge in [-0.1, -0.05) is 12.1 Å². The maximum atomic E-state index is 12.1. The molecule has 0 aliphatic carbocycles. The first-order chi connectivity index (χ1) is 9.95. The number of hydrogen-bond acceptors (Lipinski definition) is 3. The summed E-state index contributed by atoms with van der Waals surface area (Å²) < 4.78 is 1.02. The number of Topliss-reactive ketones (excluding diaryl/α,β-unsaturated/α-hetero) is 1. The van der Waals surface area contributed by atoms with Gasteiger partial charge in [-0.2, -0.15) is 0 Å². The Morgan fingerprint density at radius 3 is 2.71 bits per heavy atom. The second kappa shape index (κ2) is 6.87. The summed E-state index contributed by atoms with van der Waals surface area (Å²) >= 11 is 4.99. The highest BCUT2D eigenvalue weighted by atomic mass is 79.9. The number of halogens is 1. The Bertz CT molecular complexity index is 669. The lowest BCUT2D eigenvalue weighted by Crippen LogP contribution is -2.30. The average molecular weight is 367 g/mol. The molecule has 2 aromatic rings. The number of hydrogen-bond donors (Lipinski definition) is 1. The molecule has 0 saturated heterocycles. The van der Waals surface area contributed by atoms with Crippen LogP contribution >= 0.6 is 27.3 Å². The van der Waals surface area contributed by atoms with Gasteiger partial charge in [0.2, 0.25) is 0 Å². The zero-order valence-electron chi connectivity index (χ0n) is 11.7. The third kappa shape index (κ3) is 4.41. The van der Waals surface area contributed by atoms with Crippen LogP contribution in [0.3, 0.4) is 0 Å². The largest absolute Gasteiger partial charge is 0.322 e. The van der Waals surface area contributed by atoms with Crippen molar-refractivity contribution in [3.8, 4) is 0 Å². The number of thiophene rings is 1. The van der Waals surface area contributed by atoms with Crippen molar-refractivity contribution in [2.75, 3.05) is 12.4 Å². The van der Waals surface area contributed by atoms with Crippen molar-refractivity contribution in [1.82, 2.24) is 4.90 Å². The first kappa shape index (κ1) is 15.7. The Hall–Kier alpha value is -1.66. The number of nitrogens with one attached hydrogen (secondary N) is 1. The molecule has 0 saturated carbocycles. The maximum Gasteiger partial charge on any atom is 0.321 e. The third-order valence-electron chi connectivity index (χ3n) is 2.88. The minimum atomic E-state index is -0.208. The van der Waals surface area contributed by atoms with Gasteiger partial charge in [0, 0.05) is 33.0 Å². The van der Waals surface area contributed by atoms with Crippen molar-refractivity contribution in [2.24, 2.45) is 0 Å². The summed E-state index contributed by atoms with van der Waals surface area (Å²) in [6.07, 6.45) is 0. The molecule has 1 aromatic heterocycles. The van der Waals surface area contributed by atoms with E-state index >= 15 is 0 Å². The molecule has 4 nitrogen and oxygen atoms in total. The van der Waals surface area contributed by atoms with Gasteiger partial charge < -0.3 is 10.2 Å². The first-order valence-corrected chi connectivity index (χ1v) is 7.99. The van der Waals surface area contributed by atoms with E-state index < -0.39 is 0 Å². The molecule has 21 heavy (non-hydrogen) atoms. The Balaban J connectivity index is 2.00. The number of amides is 2. The Kier molecular flexibility index (Phi) is 5.14. The van der Waals surface area contributed by atoms with Crippen molar-refractivity contribution >= 4 is 44.8 Å². The highest BCUT2D eigenvalue weighted by Gasteiger charge is 2.11. The van der Waals surface area contributed by atoms with Crippen LogP contribution in [0.15, 0.2) is 40.2 Å². The number of rotatable bonds is 4. The Morgan fingerprint density at radius 1 is 1.33 bits per heavy atom. The normalized spacial score (nSPS) is 10.2. The van der Waals surface area contributed by atoms with E-state index in [2.05, 4.69) is 21.2 Å². The van der Waals surface area contributed by atoms with Crippen molar-refractivity contribution in [1.29, 1.82) is 0 Å². The van der Waals surface area contributed by atoms with Crippen LogP contribution in [0.25, 0.3) is 0 Å². The predicted molar refractivity (Wildman–Crippen MR) is 89.0 cm³/mol. The molecular weight excluding hydrogens is 352 g/mol. The second-order valence-electron chi connectivity index (χ2n) is 4.65. The maximum absolute atomic E-state index is 12.1. The first-order valence-electron chi connectivity index (χ1n) is 6.32. The summed E-state index contributed by atoms with van der Waals surface area (Å²) in [5, 5.41) is 4.78. The minimum Gasteiger partial charge on any atom is -0.322 e. The quantitative estimate of drug-likeness (QED) is 0.816. The minimum absolute atomic E-state index is 0.0251. The predicted octanol–water partition coefficient (Wildman–Crippen LogP) is 4.38. The highest BCUT2D eigenvalue weighted by molar-refractivity contribution is 9.10. The van der Waals surface area contributed by atoms with E-state index in [4.69, 9.17) is 0 Å². The number of carbonyl (C=O) groups is 2. The molecule has 6 heteroatoms. The topological polar surface area (TPSA) is 49.4 Å². The van der Waals surface area contributed by atoms with Gasteiger partial charge in [-0.3, -0.25) is 4.79 Å². The van der Waals surface area contributed by atoms with Crippen LogP contribution in [0.4, 0.5) is 10.5 Å². The van der Waals surface area contributed by atoms with Gasteiger partial charge in [-0.05, 0) is 41.1 Å². The van der Waals surface area contributed by atoms with Crippen LogP contribution in [0.5, 0.6) is 0 Å². The molecule has 1 N–H and O–H groups in total. The zero-order chi connectivity index (χ0) is 15.4. The molecular formula is C15H15BrN2O2S. The van der Waals surface area contributed by atoms with Crippen molar-refractivity contribution in [2.45, 2.75) is 13.5 Å². The molecule has 0 unspecified atom stereocenters. The van der Waals surface area contributed by atoms with Crippen LogP contribution in [0.2, 0.25) is 0 Å². The molecule has 0 aliphatic rings. The molecule has 0 bridgehead atoms. The third-order valence-corrected chi connectivity index (χ3v) is 4.56. The standard InChI is InChI=1S/C15H15BrN2O2S/c1-10(19)11-4-3-5-13(6-11)17-15(20)18(2)8-14-7-12(16)9-21-14/h3-7,9H,8H2,1-2H3,(H,17,20). The Labute approximate surface area is 135 Å². The van der Waals surface area contributed by atoms with E-state index in [1.807, 2.05) is 11.4 Å². The second-order valence-corrected chi connectivity index (χ2v) is 6.57. The van der Waals surface area contributed by atoms with Gasteiger partial charge in [-0.15, -0.1) is 11.3 Å². The van der Waals surface area contributed by atoms with Crippen LogP contribution in [0.1, 0.15) is 22.2 Å². The molecule has 0 radical (unpaired) electrons. The van der Waals surface area contributed by atoms with Crippen LogP contribution in [0, 0.1) is 0 Å².